The lowest BCUT2D eigenvalue weighted by Gasteiger charge is -2.27. The van der Waals surface area contributed by atoms with Crippen molar-refractivity contribution in [1.82, 2.24) is 9.80 Å². The number of halogens is 2. The zero-order chi connectivity index (χ0) is 20.4. The zero-order valence-electron chi connectivity index (χ0n) is 17.9. The molecule has 0 saturated carbocycles. The van der Waals surface area contributed by atoms with Crippen molar-refractivity contribution in [1.29, 1.82) is 0 Å². The van der Waals surface area contributed by atoms with Crippen molar-refractivity contribution >= 4 is 30.7 Å². The number of carbonyl (C=O) groups excluding carboxylic acids is 1. The van der Waals surface area contributed by atoms with Gasteiger partial charge in [0.05, 0.1) is 7.11 Å². The number of ether oxygens (including phenoxy) is 2. The highest BCUT2D eigenvalue weighted by Crippen LogP contribution is 2.44. The van der Waals surface area contributed by atoms with E-state index in [1.807, 2.05) is 18.2 Å². The lowest BCUT2D eigenvalue weighted by atomic mass is 9.89. The molecule has 2 N–H and O–H groups in total. The van der Waals surface area contributed by atoms with Crippen LogP contribution in [0, 0.1) is 11.8 Å². The standard InChI is InChI=1S/C23H29N3O3.2ClH/c1-25-12-18-13-26(11-16-4-3-5-20(10-16)29-15-22(24)27)14-21(18)23(25)17-6-8-19(28-2)9-7-17;;/h3-10,18,21,23H,11-15H2,1-2H3,(H2,24,27);2*1H/t18-,21+,23-;;/m0../s1. The van der Waals surface area contributed by atoms with Crippen LogP contribution in [0.4, 0.5) is 0 Å². The Morgan fingerprint density at radius 2 is 1.81 bits per heavy atom. The Balaban J connectivity index is 0.00000171. The summed E-state index contributed by atoms with van der Waals surface area (Å²) in [6.07, 6.45) is 0. The van der Waals surface area contributed by atoms with E-state index in [1.54, 1.807) is 7.11 Å². The molecule has 0 unspecified atom stereocenters. The van der Waals surface area contributed by atoms with Crippen LogP contribution in [-0.2, 0) is 11.3 Å². The predicted octanol–water partition coefficient (Wildman–Crippen LogP) is 3.14. The van der Waals surface area contributed by atoms with Crippen LogP contribution in [0.15, 0.2) is 48.5 Å². The number of nitrogens with zero attached hydrogens (tertiary/aromatic N) is 2. The Morgan fingerprint density at radius 1 is 1.06 bits per heavy atom. The van der Waals surface area contributed by atoms with Gasteiger partial charge < -0.3 is 15.2 Å². The largest absolute Gasteiger partial charge is 0.497 e. The van der Waals surface area contributed by atoms with Gasteiger partial charge in [0, 0.05) is 32.2 Å². The van der Waals surface area contributed by atoms with Gasteiger partial charge in [-0.05, 0) is 54.3 Å². The van der Waals surface area contributed by atoms with E-state index >= 15 is 0 Å². The maximum atomic E-state index is 10.9. The van der Waals surface area contributed by atoms with Gasteiger partial charge in [-0.2, -0.15) is 0 Å². The number of carbonyl (C=O) groups is 1. The maximum absolute atomic E-state index is 10.9. The molecule has 2 aliphatic rings. The van der Waals surface area contributed by atoms with Gasteiger partial charge in [0.2, 0.25) is 0 Å². The maximum Gasteiger partial charge on any atom is 0.255 e. The summed E-state index contributed by atoms with van der Waals surface area (Å²) in [4.78, 5) is 16.0. The number of hydrogen-bond donors (Lipinski definition) is 1. The normalized spacial score (nSPS) is 22.8. The summed E-state index contributed by atoms with van der Waals surface area (Å²) in [6, 6.07) is 16.9. The molecule has 0 bridgehead atoms. The fourth-order valence-corrected chi connectivity index (χ4v) is 4.93. The molecule has 2 aromatic carbocycles. The van der Waals surface area contributed by atoms with Crippen LogP contribution >= 0.6 is 24.8 Å². The third-order valence-corrected chi connectivity index (χ3v) is 6.11. The summed E-state index contributed by atoms with van der Waals surface area (Å²) in [6.45, 7) is 4.11. The minimum Gasteiger partial charge on any atom is -0.497 e. The van der Waals surface area contributed by atoms with Gasteiger partial charge in [-0.25, -0.2) is 0 Å². The topological polar surface area (TPSA) is 68.0 Å². The summed E-state index contributed by atoms with van der Waals surface area (Å²) in [5, 5.41) is 0. The number of likely N-dealkylation sites (tertiary alicyclic amines) is 2. The molecule has 31 heavy (non-hydrogen) atoms. The molecule has 2 saturated heterocycles. The first-order valence-electron chi connectivity index (χ1n) is 10.1. The van der Waals surface area contributed by atoms with Crippen molar-refractivity contribution in [2.75, 3.05) is 40.4 Å². The quantitative estimate of drug-likeness (QED) is 0.677. The third kappa shape index (κ3) is 5.83. The molecule has 6 nitrogen and oxygen atoms in total. The highest BCUT2D eigenvalue weighted by atomic mass is 35.5. The minimum atomic E-state index is -0.462. The van der Waals surface area contributed by atoms with Crippen molar-refractivity contribution in [2.24, 2.45) is 17.6 Å². The second-order valence-corrected chi connectivity index (χ2v) is 8.18. The molecule has 8 heteroatoms. The number of rotatable bonds is 7. The number of hydrogen-bond acceptors (Lipinski definition) is 5. The van der Waals surface area contributed by atoms with Gasteiger partial charge in [-0.1, -0.05) is 24.3 Å². The molecule has 3 atom stereocenters. The van der Waals surface area contributed by atoms with Crippen LogP contribution in [0.3, 0.4) is 0 Å². The lowest BCUT2D eigenvalue weighted by molar-refractivity contribution is -0.119. The van der Waals surface area contributed by atoms with Gasteiger partial charge in [0.1, 0.15) is 11.5 Å². The minimum absolute atomic E-state index is 0. The number of benzene rings is 2. The SMILES string of the molecule is COc1ccc([C@H]2[C@@H]3CN(Cc4cccc(OCC(N)=O)c4)C[C@@H]3CN2C)cc1.Cl.Cl. The highest BCUT2D eigenvalue weighted by Gasteiger charge is 2.45. The van der Waals surface area contributed by atoms with Crippen molar-refractivity contribution < 1.29 is 14.3 Å². The van der Waals surface area contributed by atoms with E-state index < -0.39 is 5.91 Å². The van der Waals surface area contributed by atoms with Crippen LogP contribution < -0.4 is 15.2 Å². The molecule has 0 radical (unpaired) electrons. The average Bonchev–Trinajstić information content (AvgIpc) is 3.22. The smallest absolute Gasteiger partial charge is 0.255 e. The van der Waals surface area contributed by atoms with Crippen LogP contribution in [0.25, 0.3) is 0 Å². The molecular weight excluding hydrogens is 437 g/mol. The van der Waals surface area contributed by atoms with Crippen molar-refractivity contribution in [2.45, 2.75) is 12.6 Å². The molecule has 1 amide bonds. The second-order valence-electron chi connectivity index (χ2n) is 8.18. The van der Waals surface area contributed by atoms with E-state index in [1.165, 1.54) is 11.1 Å². The first kappa shape index (κ1) is 25.3. The number of methoxy groups -OCH3 is 1. The Morgan fingerprint density at radius 3 is 2.48 bits per heavy atom. The monoisotopic (exact) mass is 467 g/mol. The Labute approximate surface area is 196 Å². The molecule has 2 aromatic rings. The van der Waals surface area contributed by atoms with Crippen LogP contribution in [-0.4, -0.2) is 56.1 Å². The molecule has 2 aliphatic heterocycles. The molecule has 2 heterocycles. The van der Waals surface area contributed by atoms with Crippen molar-refractivity contribution in [3.8, 4) is 11.5 Å². The Hall–Kier alpha value is -1.99. The van der Waals surface area contributed by atoms with Crippen molar-refractivity contribution in [3.63, 3.8) is 0 Å². The first-order chi connectivity index (χ1) is 14.0. The molecule has 0 aliphatic carbocycles. The first-order valence-corrected chi connectivity index (χ1v) is 10.1. The Bertz CT molecular complexity index is 865. The van der Waals surface area contributed by atoms with Gasteiger partial charge in [0.25, 0.3) is 5.91 Å². The molecule has 2 fully saturated rings. The summed E-state index contributed by atoms with van der Waals surface area (Å²) >= 11 is 0. The fraction of sp³-hybridized carbons (Fsp3) is 0.435. The van der Waals surface area contributed by atoms with E-state index in [0.29, 0.717) is 23.6 Å². The molecule has 4 rings (SSSR count). The third-order valence-electron chi connectivity index (χ3n) is 6.11. The van der Waals surface area contributed by atoms with Gasteiger partial charge >= 0.3 is 0 Å². The summed E-state index contributed by atoms with van der Waals surface area (Å²) in [5.41, 5.74) is 7.73. The molecule has 0 aromatic heterocycles. The van der Waals surface area contributed by atoms with Gasteiger partial charge in [-0.3, -0.25) is 14.6 Å². The van der Waals surface area contributed by atoms with Crippen molar-refractivity contribution in [3.05, 3.63) is 59.7 Å². The average molecular weight is 468 g/mol. The summed E-state index contributed by atoms with van der Waals surface area (Å²) in [5.74, 6) is 2.44. The van der Waals surface area contributed by atoms with E-state index in [-0.39, 0.29) is 31.4 Å². The number of fused-ring (bicyclic) bond motifs is 1. The molecule has 170 valence electrons. The summed E-state index contributed by atoms with van der Waals surface area (Å²) in [7, 11) is 3.94. The van der Waals surface area contributed by atoms with Gasteiger partial charge in [-0.15, -0.1) is 24.8 Å². The number of amides is 1. The van der Waals surface area contributed by atoms with E-state index in [4.69, 9.17) is 15.2 Å². The lowest BCUT2D eigenvalue weighted by Crippen LogP contribution is -2.28. The fourth-order valence-electron chi connectivity index (χ4n) is 4.93. The summed E-state index contributed by atoms with van der Waals surface area (Å²) < 4.78 is 10.8. The van der Waals surface area contributed by atoms with E-state index in [2.05, 4.69) is 47.2 Å². The van der Waals surface area contributed by atoms with E-state index in [9.17, 15) is 4.79 Å². The van der Waals surface area contributed by atoms with E-state index in [0.717, 1.165) is 31.9 Å². The number of nitrogens with two attached hydrogens (primary N) is 1. The second kappa shape index (κ2) is 11.0. The highest BCUT2D eigenvalue weighted by molar-refractivity contribution is 5.85. The molecule has 0 spiro atoms. The van der Waals surface area contributed by atoms with Gasteiger partial charge in [0.15, 0.2) is 6.61 Å². The van der Waals surface area contributed by atoms with Crippen LogP contribution in [0.5, 0.6) is 11.5 Å². The number of primary amides is 1. The molecular formula is C23H31Cl2N3O3. The zero-order valence-corrected chi connectivity index (χ0v) is 19.5. The predicted molar refractivity (Wildman–Crippen MR) is 126 cm³/mol. The van der Waals surface area contributed by atoms with Crippen LogP contribution in [0.1, 0.15) is 17.2 Å². The Kier molecular flexibility index (Phi) is 9.01. The van der Waals surface area contributed by atoms with Crippen LogP contribution in [0.2, 0.25) is 0 Å².